The van der Waals surface area contributed by atoms with E-state index in [-0.39, 0.29) is 0 Å². The van der Waals surface area contributed by atoms with E-state index < -0.39 is 0 Å². The van der Waals surface area contributed by atoms with Crippen molar-refractivity contribution in [1.82, 2.24) is 5.32 Å². The fourth-order valence-electron chi connectivity index (χ4n) is 2.40. The molecular formula is C16H21NO2. The number of carbonyl (C=O) groups excluding carboxylic acids is 1. The fraction of sp³-hybridized carbons (Fsp3) is 0.562. The molecule has 1 heterocycles. The van der Waals surface area contributed by atoms with Gasteiger partial charge in [0.15, 0.2) is 0 Å². The lowest BCUT2D eigenvalue weighted by molar-refractivity contribution is -0.120. The van der Waals surface area contributed by atoms with Gasteiger partial charge in [0.1, 0.15) is 17.6 Å². The molecule has 1 aliphatic carbocycles. The topological polar surface area (TPSA) is 38.3 Å². The maximum Gasteiger partial charge on any atom is 0.136 e. The molecule has 19 heavy (non-hydrogen) atoms. The molecule has 3 nitrogen and oxygen atoms in total. The summed E-state index contributed by atoms with van der Waals surface area (Å²) >= 11 is 0. The van der Waals surface area contributed by atoms with Crippen molar-refractivity contribution >= 4 is 5.78 Å². The Kier molecular flexibility index (Phi) is 3.56. The van der Waals surface area contributed by atoms with Crippen molar-refractivity contribution in [1.29, 1.82) is 0 Å². The zero-order valence-corrected chi connectivity index (χ0v) is 11.4. The first kappa shape index (κ1) is 12.7. The minimum atomic E-state index is 0.313. The van der Waals surface area contributed by atoms with Crippen LogP contribution in [-0.2, 0) is 4.79 Å². The molecule has 0 bridgehead atoms. The summed E-state index contributed by atoms with van der Waals surface area (Å²) in [5, 5.41) is 3.19. The minimum absolute atomic E-state index is 0.313. The second-order valence-corrected chi connectivity index (χ2v) is 5.81. The molecule has 1 aromatic carbocycles. The average molecular weight is 259 g/mol. The standard InChI is InChI=1S/C16H21NO2/c1-11(8-16(18)13-2-3-13)12-4-6-14(7-5-12)19-15-9-17-10-15/h4-7,11,13,15,17H,2-3,8-10H2,1H3/t11-/m1/s1. The Morgan fingerprint density at radius 2 is 2.00 bits per heavy atom. The third kappa shape index (κ3) is 3.16. The van der Waals surface area contributed by atoms with Gasteiger partial charge in [-0.25, -0.2) is 0 Å². The van der Waals surface area contributed by atoms with E-state index in [4.69, 9.17) is 4.74 Å². The highest BCUT2D eigenvalue weighted by Gasteiger charge is 2.30. The molecule has 102 valence electrons. The first-order valence-electron chi connectivity index (χ1n) is 7.22. The van der Waals surface area contributed by atoms with Crippen LogP contribution >= 0.6 is 0 Å². The quantitative estimate of drug-likeness (QED) is 0.853. The Hall–Kier alpha value is -1.35. The van der Waals surface area contributed by atoms with Gasteiger partial charge in [0, 0.05) is 25.4 Å². The van der Waals surface area contributed by atoms with Crippen LogP contribution < -0.4 is 10.1 Å². The second-order valence-electron chi connectivity index (χ2n) is 5.81. The molecule has 2 fully saturated rings. The van der Waals surface area contributed by atoms with Crippen molar-refractivity contribution in [2.45, 2.75) is 38.2 Å². The number of hydrogen-bond donors (Lipinski definition) is 1. The number of benzene rings is 1. The van der Waals surface area contributed by atoms with Crippen molar-refractivity contribution in [3.8, 4) is 5.75 Å². The van der Waals surface area contributed by atoms with E-state index in [9.17, 15) is 4.79 Å². The van der Waals surface area contributed by atoms with Gasteiger partial charge >= 0.3 is 0 Å². The molecule has 2 aliphatic rings. The van der Waals surface area contributed by atoms with Crippen LogP contribution in [0, 0.1) is 5.92 Å². The van der Waals surface area contributed by atoms with E-state index in [0.717, 1.165) is 31.7 Å². The van der Waals surface area contributed by atoms with Crippen molar-refractivity contribution in [2.75, 3.05) is 13.1 Å². The highest BCUT2D eigenvalue weighted by Crippen LogP contribution is 2.34. The lowest BCUT2D eigenvalue weighted by Crippen LogP contribution is -2.50. The summed E-state index contributed by atoms with van der Waals surface area (Å²) in [6.45, 7) is 4.01. The number of ketones is 1. The Morgan fingerprint density at radius 1 is 1.32 bits per heavy atom. The van der Waals surface area contributed by atoms with E-state index >= 15 is 0 Å². The maximum absolute atomic E-state index is 11.8. The van der Waals surface area contributed by atoms with Crippen LogP contribution in [0.3, 0.4) is 0 Å². The van der Waals surface area contributed by atoms with Gasteiger partial charge in [-0.15, -0.1) is 0 Å². The molecule has 3 heteroatoms. The van der Waals surface area contributed by atoms with Crippen LogP contribution in [0.1, 0.15) is 37.7 Å². The lowest BCUT2D eigenvalue weighted by atomic mass is 9.94. The predicted molar refractivity (Wildman–Crippen MR) is 74.5 cm³/mol. The van der Waals surface area contributed by atoms with Gasteiger partial charge in [0.2, 0.25) is 0 Å². The number of carbonyl (C=O) groups is 1. The van der Waals surface area contributed by atoms with Crippen molar-refractivity contribution in [3.63, 3.8) is 0 Å². The summed E-state index contributed by atoms with van der Waals surface area (Å²) in [6.07, 6.45) is 3.21. The smallest absolute Gasteiger partial charge is 0.136 e. The summed E-state index contributed by atoms with van der Waals surface area (Å²) in [6, 6.07) is 8.22. The molecule has 0 spiro atoms. The van der Waals surface area contributed by atoms with Crippen molar-refractivity contribution in [2.24, 2.45) is 5.92 Å². The largest absolute Gasteiger partial charge is 0.488 e. The Balaban J connectivity index is 1.55. The average Bonchev–Trinajstić information content (AvgIpc) is 3.18. The molecule has 1 saturated carbocycles. The Labute approximate surface area is 114 Å². The fourth-order valence-corrected chi connectivity index (χ4v) is 2.40. The first-order chi connectivity index (χ1) is 9.22. The summed E-state index contributed by atoms with van der Waals surface area (Å²) < 4.78 is 5.78. The maximum atomic E-state index is 11.8. The highest BCUT2D eigenvalue weighted by atomic mass is 16.5. The number of hydrogen-bond acceptors (Lipinski definition) is 3. The van der Waals surface area contributed by atoms with Gasteiger partial charge in [0.25, 0.3) is 0 Å². The van der Waals surface area contributed by atoms with Gasteiger partial charge in [0.05, 0.1) is 0 Å². The van der Waals surface area contributed by atoms with E-state index in [1.165, 1.54) is 5.56 Å². The van der Waals surface area contributed by atoms with Gasteiger partial charge in [-0.2, -0.15) is 0 Å². The lowest BCUT2D eigenvalue weighted by Gasteiger charge is -2.27. The summed E-state index contributed by atoms with van der Waals surface area (Å²) in [5.41, 5.74) is 1.23. The molecule has 0 unspecified atom stereocenters. The molecule has 1 N–H and O–H groups in total. The van der Waals surface area contributed by atoms with Gasteiger partial charge in [-0.1, -0.05) is 19.1 Å². The third-order valence-electron chi connectivity index (χ3n) is 4.04. The number of nitrogens with one attached hydrogen (secondary N) is 1. The highest BCUT2D eigenvalue weighted by molar-refractivity contribution is 5.83. The van der Waals surface area contributed by atoms with Crippen molar-refractivity contribution < 1.29 is 9.53 Å². The van der Waals surface area contributed by atoms with Crippen LogP contribution in [0.5, 0.6) is 5.75 Å². The van der Waals surface area contributed by atoms with Gasteiger partial charge in [-0.3, -0.25) is 4.79 Å². The monoisotopic (exact) mass is 259 g/mol. The molecule has 1 aromatic rings. The SMILES string of the molecule is C[C@H](CC(=O)C1CC1)c1ccc(OC2CNC2)cc1. The Bertz CT molecular complexity index is 446. The normalized spacial score (nSPS) is 20.7. The number of Topliss-reactive ketones (excluding diaryl/α,β-unsaturated/α-hetero) is 1. The minimum Gasteiger partial charge on any atom is -0.488 e. The van der Waals surface area contributed by atoms with Gasteiger partial charge in [-0.05, 0) is 36.5 Å². The van der Waals surface area contributed by atoms with Crippen molar-refractivity contribution in [3.05, 3.63) is 29.8 Å². The van der Waals surface area contributed by atoms with E-state index in [2.05, 4.69) is 24.4 Å². The molecule has 1 atom stereocenters. The molecule has 0 amide bonds. The first-order valence-corrected chi connectivity index (χ1v) is 7.22. The summed E-state index contributed by atoms with van der Waals surface area (Å²) in [7, 11) is 0. The van der Waals surface area contributed by atoms with Crippen LogP contribution in [0.2, 0.25) is 0 Å². The molecule has 3 rings (SSSR count). The van der Waals surface area contributed by atoms with Crippen LogP contribution in [0.15, 0.2) is 24.3 Å². The number of ether oxygens (including phenoxy) is 1. The van der Waals surface area contributed by atoms with Gasteiger partial charge < -0.3 is 10.1 Å². The molecule has 1 saturated heterocycles. The third-order valence-corrected chi connectivity index (χ3v) is 4.04. The molecule has 0 aromatic heterocycles. The van der Waals surface area contributed by atoms with Crippen LogP contribution in [0.25, 0.3) is 0 Å². The summed E-state index contributed by atoms with van der Waals surface area (Å²) in [5.74, 6) is 2.05. The zero-order chi connectivity index (χ0) is 13.2. The van der Waals surface area contributed by atoms with Crippen LogP contribution in [-0.4, -0.2) is 25.0 Å². The second kappa shape index (κ2) is 5.33. The van der Waals surface area contributed by atoms with E-state index in [1.807, 2.05) is 12.1 Å². The predicted octanol–water partition coefficient (Wildman–Crippen LogP) is 2.51. The number of rotatable bonds is 6. The van der Waals surface area contributed by atoms with Crippen LogP contribution in [0.4, 0.5) is 0 Å². The van der Waals surface area contributed by atoms with E-state index in [1.54, 1.807) is 0 Å². The Morgan fingerprint density at radius 3 is 2.53 bits per heavy atom. The van der Waals surface area contributed by atoms with E-state index in [0.29, 0.717) is 30.1 Å². The molecular weight excluding hydrogens is 238 g/mol. The summed E-state index contributed by atoms with van der Waals surface area (Å²) in [4.78, 5) is 11.8. The molecule has 0 radical (unpaired) electrons. The molecule has 1 aliphatic heterocycles. The zero-order valence-electron chi connectivity index (χ0n) is 11.4.